The lowest BCUT2D eigenvalue weighted by Crippen LogP contribution is -2.45. The van der Waals surface area contributed by atoms with Gasteiger partial charge in [0.1, 0.15) is 5.75 Å². The van der Waals surface area contributed by atoms with E-state index in [1.807, 2.05) is 12.1 Å². The summed E-state index contributed by atoms with van der Waals surface area (Å²) in [5.74, 6) is 3.05. The number of methoxy groups -OCH3 is 1. The summed E-state index contributed by atoms with van der Waals surface area (Å²) >= 11 is 0. The Balaban J connectivity index is 1.81. The molecule has 0 saturated heterocycles. The first-order valence-electron chi connectivity index (χ1n) is 7.92. The number of nitrogens with two attached hydrogens (primary N) is 1. The molecule has 0 radical (unpaired) electrons. The molecule has 4 nitrogen and oxygen atoms in total. The lowest BCUT2D eigenvalue weighted by atomic mass is 9.78. The van der Waals surface area contributed by atoms with Crippen molar-refractivity contribution in [3.05, 3.63) is 24.3 Å². The zero-order chi connectivity index (χ0) is 14.8. The third kappa shape index (κ3) is 2.85. The molecule has 0 amide bonds. The summed E-state index contributed by atoms with van der Waals surface area (Å²) in [6, 6.07) is 8.54. The van der Waals surface area contributed by atoms with Crippen LogP contribution in [0.15, 0.2) is 29.3 Å². The SMILES string of the molecule is COc1ccc(N2C(N)=NCC2C2CCCC(C)C2)cc1. The highest BCUT2D eigenvalue weighted by atomic mass is 16.5. The van der Waals surface area contributed by atoms with Crippen molar-refractivity contribution >= 4 is 11.6 Å². The Labute approximate surface area is 127 Å². The van der Waals surface area contributed by atoms with E-state index in [0.29, 0.717) is 17.9 Å². The summed E-state index contributed by atoms with van der Waals surface area (Å²) in [5, 5.41) is 0. The van der Waals surface area contributed by atoms with Gasteiger partial charge >= 0.3 is 0 Å². The maximum Gasteiger partial charge on any atom is 0.196 e. The highest BCUT2D eigenvalue weighted by Crippen LogP contribution is 2.36. The summed E-state index contributed by atoms with van der Waals surface area (Å²) in [4.78, 5) is 6.73. The summed E-state index contributed by atoms with van der Waals surface area (Å²) in [7, 11) is 1.69. The van der Waals surface area contributed by atoms with Gasteiger partial charge in [0.05, 0.1) is 19.7 Å². The average Bonchev–Trinajstić information content (AvgIpc) is 2.89. The fraction of sp³-hybridized carbons (Fsp3) is 0.588. The van der Waals surface area contributed by atoms with Crippen molar-refractivity contribution in [1.82, 2.24) is 0 Å². The number of hydrogen-bond acceptors (Lipinski definition) is 4. The molecule has 0 spiro atoms. The van der Waals surface area contributed by atoms with E-state index in [0.717, 1.165) is 23.9 Å². The van der Waals surface area contributed by atoms with Crippen LogP contribution in [-0.4, -0.2) is 25.7 Å². The first-order valence-corrected chi connectivity index (χ1v) is 7.92. The Kier molecular flexibility index (Phi) is 4.04. The van der Waals surface area contributed by atoms with Crippen molar-refractivity contribution in [1.29, 1.82) is 0 Å². The molecule has 1 aromatic carbocycles. The van der Waals surface area contributed by atoms with Crippen LogP contribution < -0.4 is 15.4 Å². The molecule has 1 aliphatic heterocycles. The van der Waals surface area contributed by atoms with Crippen LogP contribution in [0.3, 0.4) is 0 Å². The minimum absolute atomic E-state index is 0.418. The number of guanidine groups is 1. The Morgan fingerprint density at radius 3 is 2.67 bits per heavy atom. The van der Waals surface area contributed by atoms with Crippen LogP contribution in [0.25, 0.3) is 0 Å². The van der Waals surface area contributed by atoms with Gasteiger partial charge in [-0.05, 0) is 48.9 Å². The molecule has 0 aromatic heterocycles. The molecule has 114 valence electrons. The molecule has 1 heterocycles. The molecule has 21 heavy (non-hydrogen) atoms. The molecule has 1 fully saturated rings. The predicted octanol–water partition coefficient (Wildman–Crippen LogP) is 3.02. The number of nitrogens with zero attached hydrogens (tertiary/aromatic N) is 2. The Morgan fingerprint density at radius 2 is 2.00 bits per heavy atom. The van der Waals surface area contributed by atoms with E-state index in [-0.39, 0.29) is 0 Å². The smallest absolute Gasteiger partial charge is 0.196 e. The van der Waals surface area contributed by atoms with Gasteiger partial charge in [0.25, 0.3) is 0 Å². The van der Waals surface area contributed by atoms with E-state index in [2.05, 4.69) is 28.9 Å². The number of hydrogen-bond donors (Lipinski definition) is 1. The molecule has 4 heteroatoms. The highest BCUT2D eigenvalue weighted by Gasteiger charge is 2.35. The van der Waals surface area contributed by atoms with Crippen LogP contribution in [0.1, 0.15) is 32.6 Å². The summed E-state index contributed by atoms with van der Waals surface area (Å²) in [6.45, 7) is 3.19. The monoisotopic (exact) mass is 287 g/mol. The maximum atomic E-state index is 6.16. The Morgan fingerprint density at radius 1 is 1.24 bits per heavy atom. The fourth-order valence-electron chi connectivity index (χ4n) is 3.77. The van der Waals surface area contributed by atoms with Crippen LogP contribution in [0.4, 0.5) is 5.69 Å². The van der Waals surface area contributed by atoms with Gasteiger partial charge < -0.3 is 15.4 Å². The molecule has 3 atom stereocenters. The molecule has 3 unspecified atom stereocenters. The first-order chi connectivity index (χ1) is 10.2. The van der Waals surface area contributed by atoms with Gasteiger partial charge in [-0.2, -0.15) is 0 Å². The summed E-state index contributed by atoms with van der Waals surface area (Å²) < 4.78 is 5.24. The minimum Gasteiger partial charge on any atom is -0.497 e. The van der Waals surface area contributed by atoms with Gasteiger partial charge in [-0.15, -0.1) is 0 Å². The molecular formula is C17H25N3O. The van der Waals surface area contributed by atoms with E-state index in [1.54, 1.807) is 7.11 Å². The second-order valence-corrected chi connectivity index (χ2v) is 6.37. The zero-order valence-corrected chi connectivity index (χ0v) is 13.0. The molecule has 1 saturated carbocycles. The van der Waals surface area contributed by atoms with Crippen molar-refractivity contribution in [3.8, 4) is 5.75 Å². The number of aliphatic imine (C=N–C) groups is 1. The van der Waals surface area contributed by atoms with Crippen molar-refractivity contribution in [2.75, 3.05) is 18.6 Å². The molecule has 2 N–H and O–H groups in total. The van der Waals surface area contributed by atoms with Crippen molar-refractivity contribution < 1.29 is 4.74 Å². The number of anilines is 1. The van der Waals surface area contributed by atoms with E-state index >= 15 is 0 Å². The average molecular weight is 287 g/mol. The third-order valence-corrected chi connectivity index (χ3v) is 4.89. The van der Waals surface area contributed by atoms with Crippen LogP contribution in [0.5, 0.6) is 5.75 Å². The quantitative estimate of drug-likeness (QED) is 0.929. The number of rotatable bonds is 3. The predicted molar refractivity (Wildman–Crippen MR) is 86.9 cm³/mol. The van der Waals surface area contributed by atoms with Gasteiger partial charge in [-0.25, -0.2) is 0 Å². The van der Waals surface area contributed by atoms with E-state index < -0.39 is 0 Å². The van der Waals surface area contributed by atoms with Gasteiger partial charge in [0.15, 0.2) is 5.96 Å². The van der Waals surface area contributed by atoms with Gasteiger partial charge in [-0.1, -0.05) is 19.8 Å². The van der Waals surface area contributed by atoms with E-state index in [1.165, 1.54) is 25.7 Å². The third-order valence-electron chi connectivity index (χ3n) is 4.89. The maximum absolute atomic E-state index is 6.16. The Bertz CT molecular complexity index is 511. The second-order valence-electron chi connectivity index (χ2n) is 6.37. The van der Waals surface area contributed by atoms with E-state index in [4.69, 9.17) is 10.5 Å². The lowest BCUT2D eigenvalue weighted by molar-refractivity contribution is 0.253. The van der Waals surface area contributed by atoms with Gasteiger partial charge in [0, 0.05) is 5.69 Å². The minimum atomic E-state index is 0.418. The molecule has 1 aliphatic carbocycles. The first kappa shape index (κ1) is 14.2. The highest BCUT2D eigenvalue weighted by molar-refractivity contribution is 5.97. The van der Waals surface area contributed by atoms with Crippen LogP contribution in [-0.2, 0) is 0 Å². The molecule has 1 aromatic rings. The molecule has 0 bridgehead atoms. The van der Waals surface area contributed by atoms with Gasteiger partial charge in [-0.3, -0.25) is 4.99 Å². The largest absolute Gasteiger partial charge is 0.497 e. The Hall–Kier alpha value is -1.71. The van der Waals surface area contributed by atoms with Crippen molar-refractivity contribution in [3.63, 3.8) is 0 Å². The molecule has 3 rings (SSSR count). The van der Waals surface area contributed by atoms with E-state index in [9.17, 15) is 0 Å². The number of benzene rings is 1. The van der Waals surface area contributed by atoms with Crippen LogP contribution in [0.2, 0.25) is 0 Å². The standard InChI is InChI=1S/C17H25N3O/c1-12-4-3-5-13(10-12)16-11-19-17(18)20(16)14-6-8-15(21-2)9-7-14/h6-9,12-13,16H,3-5,10-11H2,1-2H3,(H2,18,19). The summed E-state index contributed by atoms with van der Waals surface area (Å²) in [5.41, 5.74) is 7.28. The second kappa shape index (κ2) is 5.96. The zero-order valence-electron chi connectivity index (χ0n) is 13.0. The van der Waals surface area contributed by atoms with Gasteiger partial charge in [0.2, 0.25) is 0 Å². The van der Waals surface area contributed by atoms with Crippen molar-refractivity contribution in [2.24, 2.45) is 22.6 Å². The topological polar surface area (TPSA) is 50.9 Å². The van der Waals surface area contributed by atoms with Crippen molar-refractivity contribution in [2.45, 2.75) is 38.6 Å². The molecule has 2 aliphatic rings. The summed E-state index contributed by atoms with van der Waals surface area (Å²) in [6.07, 6.45) is 5.28. The lowest BCUT2D eigenvalue weighted by Gasteiger charge is -2.36. The van der Waals surface area contributed by atoms with Crippen LogP contribution in [0, 0.1) is 11.8 Å². The van der Waals surface area contributed by atoms with Crippen LogP contribution >= 0.6 is 0 Å². The molecular weight excluding hydrogens is 262 g/mol. The fourth-order valence-corrected chi connectivity index (χ4v) is 3.77. The normalized spacial score (nSPS) is 29.3. The number of ether oxygens (including phenoxy) is 1.